The fraction of sp³-hybridized carbons (Fsp3) is 0.457. The number of likely N-dealkylation sites (N-methyl/N-ethyl adjacent to an activating group) is 2. The molecule has 26 heteroatoms. The number of H-pyrrole nitrogens is 2. The van der Waals surface area contributed by atoms with Crippen LogP contribution in [-0.4, -0.2) is 229 Å². The molecule has 0 spiro atoms. The number of aromatic amines is 2. The topological polar surface area (TPSA) is 351 Å². The number of piperazine rings is 2. The van der Waals surface area contributed by atoms with Crippen molar-refractivity contribution in [2.24, 2.45) is 11.8 Å². The summed E-state index contributed by atoms with van der Waals surface area (Å²) >= 11 is 0. The fourth-order valence-corrected chi connectivity index (χ4v) is 17.0. The van der Waals surface area contributed by atoms with Crippen LogP contribution in [0.3, 0.4) is 0 Å². The molecule has 6 amide bonds. The number of benzene rings is 4. The molecule has 7 fully saturated rings. The highest BCUT2D eigenvalue weighted by Gasteiger charge is 2.72. The van der Waals surface area contributed by atoms with Crippen LogP contribution in [0, 0.1) is 11.8 Å². The van der Waals surface area contributed by atoms with E-state index >= 15 is 0 Å². The van der Waals surface area contributed by atoms with E-state index in [1.807, 2.05) is 79.9 Å². The number of carboxylic acid groups (broad SMARTS) is 2. The molecule has 0 bridgehead atoms. The van der Waals surface area contributed by atoms with Crippen LogP contribution < -0.4 is 10.6 Å². The first-order valence-electron chi connectivity index (χ1n) is 32.8. The normalized spacial score (nSPS) is 32.3. The third-order valence-electron chi connectivity index (χ3n) is 21.6. The Kier molecular flexibility index (Phi) is 16.2. The maximum absolute atomic E-state index is 14.2. The first kappa shape index (κ1) is 64.5. The largest absolute Gasteiger partial charge is 0.479 e. The second-order valence-electron chi connectivity index (χ2n) is 27.5. The lowest BCUT2D eigenvalue weighted by Gasteiger charge is -2.48. The lowest BCUT2D eigenvalue weighted by molar-refractivity contribution is -0.315. The van der Waals surface area contributed by atoms with Crippen molar-refractivity contribution in [3.8, 4) is 0 Å². The number of aromatic nitrogens is 2. The number of aliphatic carboxylic acids is 2. The number of amides is 6. The van der Waals surface area contributed by atoms with E-state index < -0.39 is 89.3 Å². The van der Waals surface area contributed by atoms with Gasteiger partial charge in [-0.15, -0.1) is 0 Å². The summed E-state index contributed by atoms with van der Waals surface area (Å²) in [4.78, 5) is 120. The summed E-state index contributed by atoms with van der Waals surface area (Å²) in [5, 5.41) is 64.9. The van der Waals surface area contributed by atoms with Crippen molar-refractivity contribution in [3.05, 3.63) is 149 Å². The van der Waals surface area contributed by atoms with Crippen molar-refractivity contribution < 1.29 is 78.5 Å². The van der Waals surface area contributed by atoms with Gasteiger partial charge < -0.3 is 65.9 Å². The maximum Gasteiger partial charge on any atom is 0.335 e. The number of carboxylic acids is 2. The van der Waals surface area contributed by atoms with Gasteiger partial charge in [-0.25, -0.2) is 9.59 Å². The molecule has 10 aliphatic rings. The zero-order chi connectivity index (χ0) is 67.7. The minimum absolute atomic E-state index is 0.144. The smallest absolute Gasteiger partial charge is 0.335 e. The summed E-state index contributed by atoms with van der Waals surface area (Å²) in [6, 6.07) is 28.6. The van der Waals surface area contributed by atoms with Crippen LogP contribution in [0.4, 0.5) is 0 Å². The van der Waals surface area contributed by atoms with E-state index in [0.717, 1.165) is 46.1 Å². The fourth-order valence-electron chi connectivity index (χ4n) is 17.0. The van der Waals surface area contributed by atoms with E-state index in [9.17, 15) is 48.6 Å². The Morgan fingerprint density at radius 1 is 0.625 bits per heavy atom. The molecule has 2 unspecified atom stereocenters. The number of ether oxygens (including phenoxy) is 2. The highest BCUT2D eigenvalue weighted by Crippen LogP contribution is 2.50. The number of rotatable bonds is 11. The molecule has 2 aromatic heterocycles. The monoisotopic (exact) mass is 1310 g/mol. The molecule has 0 radical (unpaired) electrons. The van der Waals surface area contributed by atoms with Crippen LogP contribution >= 0.6 is 0 Å². The van der Waals surface area contributed by atoms with Gasteiger partial charge in [0.05, 0.1) is 11.8 Å². The Hall–Kier alpha value is -8.86. The van der Waals surface area contributed by atoms with Crippen LogP contribution in [-0.2, 0) is 73.5 Å². The van der Waals surface area contributed by atoms with Crippen LogP contribution in [0.25, 0.3) is 27.4 Å². The third kappa shape index (κ3) is 10.5. The van der Waals surface area contributed by atoms with Crippen LogP contribution in [0.2, 0.25) is 0 Å². The highest BCUT2D eigenvalue weighted by atomic mass is 16.7. The molecule has 2 aliphatic carbocycles. The van der Waals surface area contributed by atoms with Gasteiger partial charge in [-0.3, -0.25) is 52.9 Å². The van der Waals surface area contributed by atoms with Crippen molar-refractivity contribution >= 4 is 74.8 Å². The quantitative estimate of drug-likeness (QED) is 0.0886. The number of likely N-dealkylation sites (tertiary alicyclic amines) is 1. The van der Waals surface area contributed by atoms with Gasteiger partial charge in [0.1, 0.15) is 24.2 Å². The van der Waals surface area contributed by atoms with Crippen LogP contribution in [0.1, 0.15) is 85.3 Å². The van der Waals surface area contributed by atoms with Crippen molar-refractivity contribution in [1.29, 1.82) is 0 Å². The number of nitrogens with zero attached hydrogens (tertiary/aromatic N) is 6. The number of aliphatic hydroxyl groups excluding tert-OH is 2. The zero-order valence-electron chi connectivity index (χ0n) is 53.5. The van der Waals surface area contributed by atoms with Gasteiger partial charge in [0, 0.05) is 91.2 Å². The first-order valence-corrected chi connectivity index (χ1v) is 32.8. The molecule has 7 saturated heterocycles. The summed E-state index contributed by atoms with van der Waals surface area (Å²) in [7, 11) is 4.08. The molecule has 15 atom stereocenters. The van der Waals surface area contributed by atoms with Crippen molar-refractivity contribution in [3.63, 3.8) is 0 Å². The molecule has 504 valence electrons. The average molecular weight is 1320 g/mol. The van der Waals surface area contributed by atoms with E-state index in [1.165, 1.54) is 51.1 Å². The molecule has 26 nitrogen and oxygen atoms in total. The predicted molar refractivity (Wildman–Crippen MR) is 343 cm³/mol. The average Bonchev–Trinajstić information content (AvgIpc) is 1.54. The van der Waals surface area contributed by atoms with Gasteiger partial charge in [-0.1, -0.05) is 91.0 Å². The molecule has 4 aromatic carbocycles. The van der Waals surface area contributed by atoms with Gasteiger partial charge in [-0.05, 0) is 124 Å². The Morgan fingerprint density at radius 2 is 1.12 bits per heavy atom. The first-order chi connectivity index (χ1) is 45.8. The number of nitrogens with one attached hydrogen (secondary N) is 4. The molecule has 10 N–H and O–H groups in total. The lowest BCUT2D eigenvalue weighted by atomic mass is 9.72. The van der Waals surface area contributed by atoms with Crippen molar-refractivity contribution in [2.75, 3.05) is 40.3 Å². The summed E-state index contributed by atoms with van der Waals surface area (Å²) in [6.45, 7) is 5.01. The summed E-state index contributed by atoms with van der Waals surface area (Å²) in [5.74, 6) is -10.6. The van der Waals surface area contributed by atoms with E-state index in [0.29, 0.717) is 58.3 Å². The Morgan fingerprint density at radius 3 is 1.66 bits per heavy atom. The summed E-state index contributed by atoms with van der Waals surface area (Å²) in [6.07, 6.45) is 6.97. The van der Waals surface area contributed by atoms with Gasteiger partial charge in [-0.2, -0.15) is 0 Å². The SMILES string of the molecule is CN1C[C@H](C(=O)N[C@]2(C)O[C@@]3(O)[C@@H]4CCCN4C(=O)[C@H](Cc4ccccc4)N3C2=O)C=C2c3cccc4[nH]cc(c34)C[C@H]21.CN1C[C@H](C(=O)N[C@]2(C)O[C@@]3(O)[C@@H]4CCCN4C(=O)[C@H](Cc4ccccc4)N3C2=O)C[C@@H]2c3cccc4[nH]cc(c34)C[C@H]21.O=C(O)C(O)C(O)C(=O)O. The number of hydrogen-bond acceptors (Lipinski definition) is 16. The Labute approximate surface area is 551 Å². The van der Waals surface area contributed by atoms with E-state index in [4.69, 9.17) is 29.9 Å². The molecular weight excluding hydrogens is 1240 g/mol. The predicted octanol–water partition coefficient (Wildman–Crippen LogP) is 1.95. The minimum Gasteiger partial charge on any atom is -0.479 e. The Bertz CT molecular complexity index is 4170. The molecular formula is C70H78N10O16. The van der Waals surface area contributed by atoms with Gasteiger partial charge in [0.25, 0.3) is 23.6 Å². The molecule has 10 heterocycles. The van der Waals surface area contributed by atoms with Gasteiger partial charge in [0.15, 0.2) is 12.2 Å². The number of hydrogen-bond donors (Lipinski definition) is 10. The van der Waals surface area contributed by atoms with Gasteiger partial charge in [0.2, 0.25) is 35.1 Å². The zero-order valence-corrected chi connectivity index (χ0v) is 53.5. The summed E-state index contributed by atoms with van der Waals surface area (Å²) < 4.78 is 12.5. The lowest BCUT2D eigenvalue weighted by Crippen LogP contribution is -2.71. The minimum atomic E-state index is -2.27. The summed E-state index contributed by atoms with van der Waals surface area (Å²) in [5.41, 5.74) is 6.32. The number of aliphatic hydroxyl groups is 4. The van der Waals surface area contributed by atoms with Gasteiger partial charge >= 0.3 is 11.9 Å². The maximum atomic E-state index is 14.2. The number of carbonyl (C=O) groups is 8. The number of piperidine rings is 1. The van der Waals surface area contributed by atoms with Crippen molar-refractivity contribution in [2.45, 2.75) is 149 Å². The van der Waals surface area contributed by atoms with E-state index in [2.05, 4.69) is 80.2 Å². The highest BCUT2D eigenvalue weighted by molar-refractivity contribution is 6.02. The van der Waals surface area contributed by atoms with Crippen molar-refractivity contribution in [1.82, 2.24) is 50.0 Å². The van der Waals surface area contributed by atoms with Crippen LogP contribution in [0.5, 0.6) is 0 Å². The number of carbonyl (C=O) groups excluding carboxylic acids is 6. The number of fused-ring (bicyclic) bond motifs is 10. The Balaban J connectivity index is 0.000000145. The molecule has 96 heavy (non-hydrogen) atoms. The second-order valence-corrected chi connectivity index (χ2v) is 27.5. The molecule has 16 rings (SSSR count). The third-order valence-corrected chi connectivity index (χ3v) is 21.6. The standard InChI is InChI=1S/C33H37N5O5.C33H35N5O5.C4H6O6/c2*1-32(35-29(39)21-15-23-22-10-6-11-24-28(22)20(17-34-24)16-25(23)36(2)18-21)31(41)38-26(14-19-8-4-3-5-9-19)30(40)37-13-7-12-27(37)33(38,42)43-32;5-1(3(7)8)2(6)4(9)10/h3-6,8-11,17,21,23,25-27,34,42H,7,12-16,18H2,1-2H3,(H,35,39);3-6,8-11,15,17,21,25-27,34,42H,7,12-14,16,18H2,1-2H3,(H,35,39);1-2,5-6H,(H,7,8)(H,9,10)/t21-,23-,25-,26+,27+,32-,33+;21-,25-,26+,27+,32-,33+;/m11./s1. The molecule has 6 aromatic rings. The van der Waals surface area contributed by atoms with Crippen LogP contribution in [0.15, 0.2) is 116 Å². The molecule has 8 aliphatic heterocycles. The molecule has 0 saturated carbocycles. The van der Waals surface area contributed by atoms with E-state index in [-0.39, 0.29) is 60.4 Å². The van der Waals surface area contributed by atoms with E-state index in [1.54, 1.807) is 9.80 Å². The second kappa shape index (κ2) is 24.0.